The largest absolute Gasteiger partial charge is 0.452 e. The second-order valence-corrected chi connectivity index (χ2v) is 7.35. The lowest BCUT2D eigenvalue weighted by atomic mass is 10.1. The number of hydrogen-bond donors (Lipinski definition) is 1. The van der Waals surface area contributed by atoms with Gasteiger partial charge < -0.3 is 10.1 Å². The number of esters is 1. The van der Waals surface area contributed by atoms with Crippen molar-refractivity contribution in [1.29, 1.82) is 5.26 Å². The predicted octanol–water partition coefficient (Wildman–Crippen LogP) is 3.50. The van der Waals surface area contributed by atoms with E-state index in [0.29, 0.717) is 22.4 Å². The van der Waals surface area contributed by atoms with Crippen LogP contribution in [0.4, 0.5) is 5.00 Å². The number of thiophene rings is 1. The first kappa shape index (κ1) is 18.8. The van der Waals surface area contributed by atoms with Crippen molar-refractivity contribution in [2.24, 2.45) is 0 Å². The smallest absolute Gasteiger partial charge is 0.338 e. The van der Waals surface area contributed by atoms with Crippen LogP contribution >= 0.6 is 11.3 Å². The van der Waals surface area contributed by atoms with E-state index in [4.69, 9.17) is 4.74 Å². The third-order valence-corrected chi connectivity index (χ3v) is 5.61. The second-order valence-electron chi connectivity index (χ2n) is 6.24. The number of ether oxygens (including phenoxy) is 1. The zero-order valence-corrected chi connectivity index (χ0v) is 15.4. The Bertz CT molecular complexity index is 909. The summed E-state index contributed by atoms with van der Waals surface area (Å²) in [5, 5.41) is 12.7. The van der Waals surface area contributed by atoms with Crippen LogP contribution in [0, 0.1) is 11.3 Å². The highest BCUT2D eigenvalue weighted by atomic mass is 32.1. The van der Waals surface area contributed by atoms with Gasteiger partial charge in [-0.15, -0.1) is 11.3 Å². The molecule has 0 unspecified atom stereocenters. The molecule has 27 heavy (non-hydrogen) atoms. The molecule has 0 saturated heterocycles. The highest BCUT2D eigenvalue weighted by molar-refractivity contribution is 7.16. The molecule has 0 spiro atoms. The van der Waals surface area contributed by atoms with Gasteiger partial charge >= 0.3 is 5.97 Å². The Kier molecular flexibility index (Phi) is 5.99. The summed E-state index contributed by atoms with van der Waals surface area (Å²) in [7, 11) is 0. The van der Waals surface area contributed by atoms with Gasteiger partial charge in [0, 0.05) is 10.4 Å². The molecule has 0 saturated carbocycles. The molecular weight excluding hydrogens is 364 g/mol. The Morgan fingerprint density at radius 3 is 2.63 bits per heavy atom. The summed E-state index contributed by atoms with van der Waals surface area (Å²) in [6.07, 6.45) is 5.75. The van der Waals surface area contributed by atoms with Crippen LogP contribution in [0.15, 0.2) is 24.3 Å². The average Bonchev–Trinajstić information content (AvgIpc) is 2.85. The van der Waals surface area contributed by atoms with Crippen molar-refractivity contribution in [2.75, 3.05) is 11.9 Å². The van der Waals surface area contributed by atoms with E-state index in [0.717, 1.165) is 42.5 Å². The van der Waals surface area contributed by atoms with Crippen molar-refractivity contribution < 1.29 is 19.1 Å². The van der Waals surface area contributed by atoms with Gasteiger partial charge in [-0.2, -0.15) is 5.26 Å². The molecule has 0 bridgehead atoms. The van der Waals surface area contributed by atoms with Crippen LogP contribution in [0.25, 0.3) is 0 Å². The lowest BCUT2D eigenvalue weighted by Crippen LogP contribution is -2.20. The normalized spacial score (nSPS) is 13.0. The molecule has 0 aliphatic heterocycles. The number of nitrogens with one attached hydrogen (secondary N) is 1. The summed E-state index contributed by atoms with van der Waals surface area (Å²) in [5.41, 5.74) is 2.28. The standard InChI is InChI=1S/C20H18N2O4S/c21-10-16-15-4-2-1-3-5-17(15)27-19(16)22-18(24)12-26-20(25)14-8-6-13(11-23)7-9-14/h6-9,11H,1-5,12H2,(H,22,24). The summed E-state index contributed by atoms with van der Waals surface area (Å²) >= 11 is 1.43. The molecule has 1 N–H and O–H groups in total. The predicted molar refractivity (Wildman–Crippen MR) is 101 cm³/mol. The molecule has 1 amide bonds. The quantitative estimate of drug-likeness (QED) is 0.485. The van der Waals surface area contributed by atoms with Crippen LogP contribution in [0.5, 0.6) is 0 Å². The van der Waals surface area contributed by atoms with Crippen LogP contribution < -0.4 is 5.32 Å². The first-order valence-electron chi connectivity index (χ1n) is 8.69. The first-order valence-corrected chi connectivity index (χ1v) is 9.51. The van der Waals surface area contributed by atoms with Crippen LogP contribution in [0.3, 0.4) is 0 Å². The van der Waals surface area contributed by atoms with Crippen LogP contribution in [-0.2, 0) is 22.4 Å². The molecule has 6 nitrogen and oxygen atoms in total. The molecule has 0 fully saturated rings. The molecule has 7 heteroatoms. The number of hydrogen-bond acceptors (Lipinski definition) is 6. The molecule has 1 heterocycles. The Morgan fingerprint density at radius 2 is 1.93 bits per heavy atom. The lowest BCUT2D eigenvalue weighted by Gasteiger charge is -2.06. The number of nitrogens with zero attached hydrogens (tertiary/aromatic N) is 1. The SMILES string of the molecule is N#Cc1c(NC(=O)COC(=O)c2ccc(C=O)cc2)sc2c1CCCCC2. The summed E-state index contributed by atoms with van der Waals surface area (Å²) in [6, 6.07) is 8.13. The van der Waals surface area contributed by atoms with E-state index in [-0.39, 0.29) is 5.56 Å². The maximum Gasteiger partial charge on any atom is 0.338 e. The summed E-state index contributed by atoms with van der Waals surface area (Å²) in [4.78, 5) is 35.9. The van der Waals surface area contributed by atoms with Gasteiger partial charge in [-0.1, -0.05) is 18.6 Å². The number of carbonyl (C=O) groups is 3. The fraction of sp³-hybridized carbons (Fsp3) is 0.300. The maximum absolute atomic E-state index is 12.2. The number of rotatable bonds is 5. The van der Waals surface area contributed by atoms with Gasteiger partial charge in [-0.05, 0) is 43.4 Å². The van der Waals surface area contributed by atoms with E-state index >= 15 is 0 Å². The van der Waals surface area contributed by atoms with Crippen molar-refractivity contribution in [3.8, 4) is 6.07 Å². The zero-order chi connectivity index (χ0) is 19.2. The maximum atomic E-state index is 12.2. The third-order valence-electron chi connectivity index (χ3n) is 4.40. The number of benzene rings is 1. The molecule has 1 aromatic carbocycles. The molecule has 0 radical (unpaired) electrons. The fourth-order valence-corrected chi connectivity index (χ4v) is 4.28. The van der Waals surface area contributed by atoms with Crippen molar-refractivity contribution in [2.45, 2.75) is 32.1 Å². The number of aldehydes is 1. The Hall–Kier alpha value is -2.98. The van der Waals surface area contributed by atoms with Crippen LogP contribution in [0.1, 0.15) is 56.0 Å². The molecule has 1 aliphatic rings. The van der Waals surface area contributed by atoms with Gasteiger partial charge in [0.05, 0.1) is 11.1 Å². The van der Waals surface area contributed by atoms with Gasteiger partial charge in [-0.25, -0.2) is 4.79 Å². The van der Waals surface area contributed by atoms with E-state index in [1.54, 1.807) is 0 Å². The molecular formula is C20H18N2O4S. The topological polar surface area (TPSA) is 96.3 Å². The number of carbonyl (C=O) groups excluding carboxylic acids is 3. The van der Waals surface area contributed by atoms with Crippen LogP contribution in [0.2, 0.25) is 0 Å². The second kappa shape index (κ2) is 8.60. The average molecular weight is 382 g/mol. The Labute approximate surface area is 160 Å². The van der Waals surface area contributed by atoms with E-state index in [2.05, 4.69) is 11.4 Å². The van der Waals surface area contributed by atoms with Gasteiger partial charge in [0.2, 0.25) is 0 Å². The number of aryl methyl sites for hydroxylation is 1. The van der Waals surface area contributed by atoms with Gasteiger partial charge in [-0.3, -0.25) is 9.59 Å². The fourth-order valence-electron chi connectivity index (χ4n) is 3.02. The zero-order valence-electron chi connectivity index (χ0n) is 14.6. The van der Waals surface area contributed by atoms with Gasteiger partial charge in [0.15, 0.2) is 6.61 Å². The minimum absolute atomic E-state index is 0.258. The Morgan fingerprint density at radius 1 is 1.19 bits per heavy atom. The van der Waals surface area contributed by atoms with E-state index < -0.39 is 18.5 Å². The van der Waals surface area contributed by atoms with Crippen molar-refractivity contribution in [1.82, 2.24) is 0 Å². The van der Waals surface area contributed by atoms with Crippen molar-refractivity contribution in [3.05, 3.63) is 51.4 Å². The summed E-state index contributed by atoms with van der Waals surface area (Å²) < 4.78 is 5.01. The van der Waals surface area contributed by atoms with E-state index in [1.165, 1.54) is 35.6 Å². The van der Waals surface area contributed by atoms with E-state index in [1.807, 2.05) is 0 Å². The third kappa shape index (κ3) is 4.41. The van der Waals surface area contributed by atoms with Crippen molar-refractivity contribution in [3.63, 3.8) is 0 Å². The van der Waals surface area contributed by atoms with Gasteiger partial charge in [0.1, 0.15) is 17.4 Å². The highest BCUT2D eigenvalue weighted by Crippen LogP contribution is 2.36. The summed E-state index contributed by atoms with van der Waals surface area (Å²) in [6.45, 7) is -0.443. The molecule has 3 rings (SSSR count). The molecule has 1 aliphatic carbocycles. The molecule has 0 atom stereocenters. The highest BCUT2D eigenvalue weighted by Gasteiger charge is 2.21. The minimum Gasteiger partial charge on any atom is -0.452 e. The number of fused-ring (bicyclic) bond motifs is 1. The Balaban J connectivity index is 1.61. The molecule has 138 valence electrons. The molecule has 2 aromatic rings. The number of anilines is 1. The monoisotopic (exact) mass is 382 g/mol. The molecule has 1 aromatic heterocycles. The van der Waals surface area contributed by atoms with E-state index in [9.17, 15) is 19.6 Å². The first-order chi connectivity index (χ1) is 13.1. The number of nitriles is 1. The minimum atomic E-state index is -0.648. The van der Waals surface area contributed by atoms with Crippen LogP contribution in [-0.4, -0.2) is 24.8 Å². The van der Waals surface area contributed by atoms with Crippen molar-refractivity contribution >= 4 is 34.5 Å². The lowest BCUT2D eigenvalue weighted by molar-refractivity contribution is -0.119. The summed E-state index contributed by atoms with van der Waals surface area (Å²) in [5.74, 6) is -1.13. The number of amides is 1. The van der Waals surface area contributed by atoms with Gasteiger partial charge in [0.25, 0.3) is 5.91 Å².